The highest BCUT2D eigenvalue weighted by Crippen LogP contribution is 2.22. The molecule has 0 aliphatic rings. The second-order valence-electron chi connectivity index (χ2n) is 3.95. The third-order valence-corrected chi connectivity index (χ3v) is 3.22. The van der Waals surface area contributed by atoms with Crippen molar-refractivity contribution in [3.8, 4) is 0 Å². The van der Waals surface area contributed by atoms with E-state index in [4.69, 9.17) is 4.74 Å². The van der Waals surface area contributed by atoms with Crippen molar-refractivity contribution in [1.82, 2.24) is 5.32 Å². The van der Waals surface area contributed by atoms with E-state index in [9.17, 15) is 18.0 Å². The number of carbonyl (C=O) groups excluding carboxylic acids is 1. The summed E-state index contributed by atoms with van der Waals surface area (Å²) in [5, 5.41) is 2.19. The van der Waals surface area contributed by atoms with E-state index in [1.807, 2.05) is 6.26 Å². The van der Waals surface area contributed by atoms with Gasteiger partial charge in [0.2, 0.25) is 0 Å². The maximum absolute atomic E-state index is 12.3. The molecule has 112 valence electrons. The second-order valence-corrected chi connectivity index (χ2v) is 4.83. The third kappa shape index (κ3) is 5.42. The summed E-state index contributed by atoms with van der Waals surface area (Å²) >= 11 is 1.51. The quantitative estimate of drug-likeness (QED) is 0.647. The van der Waals surface area contributed by atoms with Crippen LogP contribution < -0.4 is 5.32 Å². The lowest BCUT2D eigenvalue weighted by atomic mass is 10.1. The molecule has 1 unspecified atom stereocenters. The normalized spacial score (nSPS) is 13.1. The van der Waals surface area contributed by atoms with Gasteiger partial charge in [0.1, 0.15) is 6.04 Å². The van der Waals surface area contributed by atoms with Gasteiger partial charge in [-0.1, -0.05) is 12.1 Å². The van der Waals surface area contributed by atoms with E-state index >= 15 is 0 Å². The molecule has 7 heteroatoms. The van der Waals surface area contributed by atoms with Crippen molar-refractivity contribution in [2.75, 3.05) is 19.4 Å². The van der Waals surface area contributed by atoms with Gasteiger partial charge in [0, 0.05) is 4.90 Å². The molecular formula is C13H16F3NO2S. The van der Waals surface area contributed by atoms with Gasteiger partial charge in [-0.05, 0) is 30.9 Å². The van der Waals surface area contributed by atoms with Crippen LogP contribution in [0.5, 0.6) is 0 Å². The minimum Gasteiger partial charge on any atom is -0.465 e. The molecular weight excluding hydrogens is 291 g/mol. The second kappa shape index (κ2) is 7.54. The number of alkyl halides is 3. The molecule has 1 atom stereocenters. The number of esters is 1. The van der Waals surface area contributed by atoms with Crippen molar-refractivity contribution >= 4 is 17.7 Å². The molecule has 0 radical (unpaired) electrons. The number of thioether (sulfide) groups is 1. The Morgan fingerprint density at radius 3 is 2.40 bits per heavy atom. The molecule has 1 N–H and O–H groups in total. The monoisotopic (exact) mass is 307 g/mol. The predicted octanol–water partition coefficient (Wildman–Crippen LogP) is 3.16. The number of carbonyl (C=O) groups is 1. The average molecular weight is 307 g/mol. The number of halogens is 3. The van der Waals surface area contributed by atoms with Gasteiger partial charge in [-0.15, -0.1) is 11.8 Å². The van der Waals surface area contributed by atoms with E-state index < -0.39 is 24.7 Å². The molecule has 0 heterocycles. The molecule has 0 aromatic heterocycles. The first-order valence-electron chi connectivity index (χ1n) is 5.98. The Morgan fingerprint density at radius 2 is 1.95 bits per heavy atom. The molecule has 1 aromatic carbocycles. The van der Waals surface area contributed by atoms with Gasteiger partial charge < -0.3 is 4.74 Å². The van der Waals surface area contributed by atoms with Crippen LogP contribution in [0.15, 0.2) is 29.2 Å². The molecule has 0 bridgehead atoms. The van der Waals surface area contributed by atoms with Crippen molar-refractivity contribution in [2.45, 2.75) is 24.0 Å². The SMILES string of the molecule is CCOC(=O)C(NCC(F)(F)F)c1ccc(SC)cc1. The van der Waals surface area contributed by atoms with Crippen LogP contribution in [0.3, 0.4) is 0 Å². The molecule has 0 aliphatic carbocycles. The number of hydrogen-bond donors (Lipinski definition) is 1. The van der Waals surface area contributed by atoms with Gasteiger partial charge in [-0.2, -0.15) is 13.2 Å². The van der Waals surface area contributed by atoms with Gasteiger partial charge in [0.25, 0.3) is 0 Å². The Morgan fingerprint density at radius 1 is 1.35 bits per heavy atom. The first-order chi connectivity index (χ1) is 9.37. The summed E-state index contributed by atoms with van der Waals surface area (Å²) < 4.78 is 41.7. The molecule has 1 rings (SSSR count). The minimum atomic E-state index is -4.38. The smallest absolute Gasteiger partial charge is 0.401 e. The largest absolute Gasteiger partial charge is 0.465 e. The topological polar surface area (TPSA) is 38.3 Å². The van der Waals surface area contributed by atoms with Crippen molar-refractivity contribution in [2.24, 2.45) is 0 Å². The minimum absolute atomic E-state index is 0.117. The Labute approximate surface area is 119 Å². The molecule has 0 amide bonds. The summed E-state index contributed by atoms with van der Waals surface area (Å²) in [7, 11) is 0. The number of hydrogen-bond acceptors (Lipinski definition) is 4. The average Bonchev–Trinajstić information content (AvgIpc) is 2.38. The Hall–Kier alpha value is -1.21. The molecule has 1 aromatic rings. The zero-order valence-electron chi connectivity index (χ0n) is 11.2. The summed E-state index contributed by atoms with van der Waals surface area (Å²) in [6, 6.07) is 5.63. The lowest BCUT2D eigenvalue weighted by molar-refractivity contribution is -0.149. The Bertz CT molecular complexity index is 434. The van der Waals surface area contributed by atoms with Crippen LogP contribution in [0, 0.1) is 0 Å². The van der Waals surface area contributed by atoms with Crippen LogP contribution in [-0.4, -0.2) is 31.6 Å². The summed E-state index contributed by atoms with van der Waals surface area (Å²) in [6.07, 6.45) is -2.50. The summed E-state index contributed by atoms with van der Waals surface area (Å²) in [6.45, 7) is 0.474. The van der Waals surface area contributed by atoms with Gasteiger partial charge >= 0.3 is 12.1 Å². The summed E-state index contributed by atoms with van der Waals surface area (Å²) in [5.74, 6) is -0.714. The molecule has 20 heavy (non-hydrogen) atoms. The summed E-state index contributed by atoms with van der Waals surface area (Å²) in [4.78, 5) is 12.7. The van der Waals surface area contributed by atoms with E-state index in [-0.39, 0.29) is 6.61 Å². The van der Waals surface area contributed by atoms with E-state index in [0.717, 1.165) is 4.90 Å². The Balaban J connectivity index is 2.87. The highest BCUT2D eigenvalue weighted by Gasteiger charge is 2.31. The molecule has 3 nitrogen and oxygen atoms in total. The molecule has 0 fully saturated rings. The number of rotatable bonds is 6. The van der Waals surface area contributed by atoms with E-state index in [2.05, 4.69) is 5.32 Å². The lowest BCUT2D eigenvalue weighted by Crippen LogP contribution is -2.36. The standard InChI is InChI=1S/C13H16F3NO2S/c1-3-19-12(18)11(17-8-13(14,15)16)9-4-6-10(20-2)7-5-9/h4-7,11,17H,3,8H2,1-2H3. The van der Waals surface area contributed by atoms with Crippen molar-refractivity contribution in [3.63, 3.8) is 0 Å². The van der Waals surface area contributed by atoms with Gasteiger partial charge in [0.05, 0.1) is 13.2 Å². The maximum Gasteiger partial charge on any atom is 0.401 e. The van der Waals surface area contributed by atoms with Crippen LogP contribution in [0.1, 0.15) is 18.5 Å². The Kier molecular flexibility index (Phi) is 6.35. The van der Waals surface area contributed by atoms with Crippen LogP contribution in [0.2, 0.25) is 0 Å². The fourth-order valence-corrected chi connectivity index (χ4v) is 1.99. The number of ether oxygens (including phenoxy) is 1. The highest BCUT2D eigenvalue weighted by molar-refractivity contribution is 7.98. The van der Waals surface area contributed by atoms with Gasteiger partial charge in [0.15, 0.2) is 0 Å². The van der Waals surface area contributed by atoms with Crippen LogP contribution in [-0.2, 0) is 9.53 Å². The van der Waals surface area contributed by atoms with Gasteiger partial charge in [-0.3, -0.25) is 5.32 Å². The zero-order chi connectivity index (χ0) is 15.2. The molecule has 0 spiro atoms. The fraction of sp³-hybridized carbons (Fsp3) is 0.462. The lowest BCUT2D eigenvalue weighted by Gasteiger charge is -2.19. The number of nitrogens with one attached hydrogen (secondary N) is 1. The predicted molar refractivity (Wildman–Crippen MR) is 71.7 cm³/mol. The first kappa shape index (κ1) is 16.8. The van der Waals surface area contributed by atoms with Crippen LogP contribution >= 0.6 is 11.8 Å². The molecule has 0 aliphatic heterocycles. The van der Waals surface area contributed by atoms with Crippen molar-refractivity contribution in [1.29, 1.82) is 0 Å². The summed E-state index contributed by atoms with van der Waals surface area (Å²) in [5.41, 5.74) is 0.450. The zero-order valence-corrected chi connectivity index (χ0v) is 12.0. The maximum atomic E-state index is 12.3. The van der Waals surface area contributed by atoms with E-state index in [1.54, 1.807) is 31.2 Å². The van der Waals surface area contributed by atoms with E-state index in [1.165, 1.54) is 11.8 Å². The van der Waals surface area contributed by atoms with Gasteiger partial charge in [-0.25, -0.2) is 4.79 Å². The fourth-order valence-electron chi connectivity index (χ4n) is 1.58. The van der Waals surface area contributed by atoms with Crippen molar-refractivity contribution in [3.05, 3.63) is 29.8 Å². The van der Waals surface area contributed by atoms with E-state index in [0.29, 0.717) is 5.56 Å². The first-order valence-corrected chi connectivity index (χ1v) is 7.20. The number of benzene rings is 1. The van der Waals surface area contributed by atoms with Crippen LogP contribution in [0.4, 0.5) is 13.2 Å². The third-order valence-electron chi connectivity index (χ3n) is 2.48. The van der Waals surface area contributed by atoms with Crippen molar-refractivity contribution < 1.29 is 22.7 Å². The van der Waals surface area contributed by atoms with Crippen LogP contribution in [0.25, 0.3) is 0 Å². The molecule has 0 saturated carbocycles. The highest BCUT2D eigenvalue weighted by atomic mass is 32.2. The molecule has 0 saturated heterocycles.